The summed E-state index contributed by atoms with van der Waals surface area (Å²) in [6.07, 6.45) is 4.69. The van der Waals surface area contributed by atoms with Gasteiger partial charge in [0.1, 0.15) is 5.75 Å². The van der Waals surface area contributed by atoms with Crippen molar-refractivity contribution in [2.75, 3.05) is 7.11 Å². The zero-order valence-corrected chi connectivity index (χ0v) is 12.0. The molecular formula is C16H25NO. The van der Waals surface area contributed by atoms with Gasteiger partial charge in [-0.25, -0.2) is 0 Å². The van der Waals surface area contributed by atoms with Gasteiger partial charge in [-0.05, 0) is 41.5 Å². The maximum Gasteiger partial charge on any atom is 0.122 e. The van der Waals surface area contributed by atoms with Gasteiger partial charge < -0.3 is 10.5 Å². The molecule has 100 valence electrons. The van der Waals surface area contributed by atoms with E-state index in [1.54, 1.807) is 7.11 Å². The fourth-order valence-electron chi connectivity index (χ4n) is 2.90. The van der Waals surface area contributed by atoms with Crippen LogP contribution < -0.4 is 10.5 Å². The summed E-state index contributed by atoms with van der Waals surface area (Å²) < 4.78 is 5.48. The second-order valence-corrected chi connectivity index (χ2v) is 6.53. The van der Waals surface area contributed by atoms with Gasteiger partial charge in [-0.3, -0.25) is 0 Å². The lowest BCUT2D eigenvalue weighted by Gasteiger charge is -2.28. The van der Waals surface area contributed by atoms with Gasteiger partial charge in [0.15, 0.2) is 0 Å². The van der Waals surface area contributed by atoms with Gasteiger partial charge in [-0.2, -0.15) is 0 Å². The average molecular weight is 247 g/mol. The molecule has 0 amide bonds. The molecular weight excluding hydrogens is 222 g/mol. The largest absolute Gasteiger partial charge is 0.496 e. The van der Waals surface area contributed by atoms with Crippen LogP contribution in [0.25, 0.3) is 0 Å². The minimum atomic E-state index is -0.119. The van der Waals surface area contributed by atoms with Gasteiger partial charge in [0.2, 0.25) is 0 Å². The van der Waals surface area contributed by atoms with E-state index in [4.69, 9.17) is 10.5 Å². The Morgan fingerprint density at radius 2 is 1.78 bits per heavy atom. The van der Waals surface area contributed by atoms with Crippen LogP contribution in [0.5, 0.6) is 5.75 Å². The fourth-order valence-corrected chi connectivity index (χ4v) is 2.90. The van der Waals surface area contributed by atoms with E-state index in [1.165, 1.54) is 24.0 Å². The van der Waals surface area contributed by atoms with Crippen LogP contribution in [0.1, 0.15) is 57.6 Å². The van der Waals surface area contributed by atoms with Crippen molar-refractivity contribution in [2.24, 2.45) is 5.73 Å². The topological polar surface area (TPSA) is 35.2 Å². The third-order valence-corrected chi connectivity index (χ3v) is 4.08. The summed E-state index contributed by atoms with van der Waals surface area (Å²) in [6.45, 7) is 6.64. The Morgan fingerprint density at radius 3 is 2.28 bits per heavy atom. The maximum atomic E-state index is 6.54. The predicted octanol–water partition coefficient (Wildman–Crippen LogP) is 3.72. The molecule has 1 aliphatic rings. The zero-order chi connectivity index (χ0) is 13.4. The highest BCUT2D eigenvalue weighted by Crippen LogP contribution is 2.40. The van der Waals surface area contributed by atoms with Crippen LogP contribution in [0.2, 0.25) is 0 Å². The number of ether oxygens (including phenoxy) is 1. The summed E-state index contributed by atoms with van der Waals surface area (Å²) >= 11 is 0. The molecule has 0 aliphatic heterocycles. The van der Waals surface area contributed by atoms with Crippen LogP contribution in [0.15, 0.2) is 18.2 Å². The number of benzene rings is 1. The van der Waals surface area contributed by atoms with E-state index < -0.39 is 0 Å². The molecule has 0 unspecified atom stereocenters. The lowest BCUT2D eigenvalue weighted by Crippen LogP contribution is -2.33. The SMILES string of the molecule is COc1ccc(C2(N)CCCC2)cc1C(C)(C)C. The zero-order valence-electron chi connectivity index (χ0n) is 12.0. The van der Waals surface area contributed by atoms with Crippen molar-refractivity contribution >= 4 is 0 Å². The summed E-state index contributed by atoms with van der Waals surface area (Å²) in [7, 11) is 1.73. The van der Waals surface area contributed by atoms with E-state index in [2.05, 4.69) is 39.0 Å². The van der Waals surface area contributed by atoms with Crippen molar-refractivity contribution in [1.82, 2.24) is 0 Å². The summed E-state index contributed by atoms with van der Waals surface area (Å²) in [5, 5.41) is 0. The predicted molar refractivity (Wildman–Crippen MR) is 76.0 cm³/mol. The lowest BCUT2D eigenvalue weighted by atomic mass is 9.81. The Bertz CT molecular complexity index is 425. The Labute approximate surface area is 111 Å². The molecule has 1 aromatic rings. The number of rotatable bonds is 2. The van der Waals surface area contributed by atoms with Crippen LogP contribution in [-0.4, -0.2) is 7.11 Å². The van der Waals surface area contributed by atoms with Crippen LogP contribution >= 0.6 is 0 Å². The normalized spacial score (nSPS) is 18.9. The van der Waals surface area contributed by atoms with Crippen molar-refractivity contribution < 1.29 is 4.74 Å². The molecule has 0 bridgehead atoms. The van der Waals surface area contributed by atoms with E-state index in [0.717, 1.165) is 18.6 Å². The quantitative estimate of drug-likeness (QED) is 0.864. The van der Waals surface area contributed by atoms with Crippen molar-refractivity contribution in [1.29, 1.82) is 0 Å². The standard InChI is InChI=1S/C16H25NO/c1-15(2,3)13-11-12(7-8-14(13)18-4)16(17)9-5-6-10-16/h7-8,11H,5-6,9-10,17H2,1-4H3. The second kappa shape index (κ2) is 4.58. The second-order valence-electron chi connectivity index (χ2n) is 6.53. The molecule has 1 fully saturated rings. The Balaban J connectivity index is 2.46. The Morgan fingerprint density at radius 1 is 1.17 bits per heavy atom. The highest BCUT2D eigenvalue weighted by atomic mass is 16.5. The van der Waals surface area contributed by atoms with Crippen LogP contribution in [0.3, 0.4) is 0 Å². The highest BCUT2D eigenvalue weighted by Gasteiger charge is 2.32. The van der Waals surface area contributed by atoms with E-state index in [-0.39, 0.29) is 11.0 Å². The number of hydrogen-bond donors (Lipinski definition) is 1. The van der Waals surface area contributed by atoms with Gasteiger partial charge in [0.25, 0.3) is 0 Å². The van der Waals surface area contributed by atoms with Gasteiger partial charge >= 0.3 is 0 Å². The van der Waals surface area contributed by atoms with Crippen molar-refractivity contribution in [3.63, 3.8) is 0 Å². The highest BCUT2D eigenvalue weighted by molar-refractivity contribution is 5.43. The van der Waals surface area contributed by atoms with Crippen LogP contribution in [0.4, 0.5) is 0 Å². The molecule has 2 nitrogen and oxygen atoms in total. The summed E-state index contributed by atoms with van der Waals surface area (Å²) in [6, 6.07) is 6.46. The first-order chi connectivity index (χ1) is 8.37. The number of hydrogen-bond acceptors (Lipinski definition) is 2. The molecule has 0 aromatic heterocycles. The van der Waals surface area contributed by atoms with E-state index in [0.29, 0.717) is 0 Å². The first kappa shape index (κ1) is 13.4. The van der Waals surface area contributed by atoms with E-state index in [9.17, 15) is 0 Å². The van der Waals surface area contributed by atoms with E-state index in [1.807, 2.05) is 0 Å². The van der Waals surface area contributed by atoms with Gasteiger partial charge in [0, 0.05) is 5.54 Å². The molecule has 0 heterocycles. The molecule has 2 heteroatoms. The molecule has 0 saturated heterocycles. The van der Waals surface area contributed by atoms with Gasteiger partial charge in [-0.15, -0.1) is 0 Å². The molecule has 2 N–H and O–H groups in total. The Kier molecular flexibility index (Phi) is 3.41. The summed E-state index contributed by atoms with van der Waals surface area (Å²) in [4.78, 5) is 0. The third-order valence-electron chi connectivity index (χ3n) is 4.08. The fraction of sp³-hybridized carbons (Fsp3) is 0.625. The molecule has 2 rings (SSSR count). The molecule has 1 aromatic carbocycles. The van der Waals surface area contributed by atoms with Crippen molar-refractivity contribution in [3.05, 3.63) is 29.3 Å². The minimum Gasteiger partial charge on any atom is -0.496 e. The maximum absolute atomic E-state index is 6.54. The molecule has 0 spiro atoms. The van der Waals surface area contributed by atoms with Crippen molar-refractivity contribution in [3.8, 4) is 5.75 Å². The number of methoxy groups -OCH3 is 1. The number of nitrogens with two attached hydrogens (primary N) is 1. The molecule has 0 atom stereocenters. The van der Waals surface area contributed by atoms with Crippen molar-refractivity contribution in [2.45, 2.75) is 57.4 Å². The first-order valence-electron chi connectivity index (χ1n) is 6.85. The van der Waals surface area contributed by atoms with E-state index >= 15 is 0 Å². The van der Waals surface area contributed by atoms with Crippen LogP contribution in [-0.2, 0) is 11.0 Å². The third kappa shape index (κ3) is 2.39. The molecule has 18 heavy (non-hydrogen) atoms. The lowest BCUT2D eigenvalue weighted by molar-refractivity contribution is 0.395. The summed E-state index contributed by atoms with van der Waals surface area (Å²) in [5.74, 6) is 0.966. The van der Waals surface area contributed by atoms with Crippen LogP contribution in [0, 0.1) is 0 Å². The smallest absolute Gasteiger partial charge is 0.122 e. The van der Waals surface area contributed by atoms with Gasteiger partial charge in [0.05, 0.1) is 7.11 Å². The average Bonchev–Trinajstić information content (AvgIpc) is 2.75. The Hall–Kier alpha value is -1.02. The molecule has 1 aliphatic carbocycles. The van der Waals surface area contributed by atoms with Gasteiger partial charge in [-0.1, -0.05) is 39.7 Å². The first-order valence-corrected chi connectivity index (χ1v) is 6.85. The molecule has 0 radical (unpaired) electrons. The molecule has 1 saturated carbocycles. The summed E-state index contributed by atoms with van der Waals surface area (Å²) in [5.41, 5.74) is 9.02. The minimum absolute atomic E-state index is 0.0797. The monoisotopic (exact) mass is 247 g/mol.